The Balaban J connectivity index is 1.66. The van der Waals surface area contributed by atoms with Gasteiger partial charge in [0.1, 0.15) is 5.41 Å². The van der Waals surface area contributed by atoms with Gasteiger partial charge in [0.15, 0.2) is 0 Å². The first-order valence-electron chi connectivity index (χ1n) is 10.1. The van der Waals surface area contributed by atoms with Gasteiger partial charge in [-0.1, -0.05) is 24.3 Å². The Morgan fingerprint density at radius 3 is 2.77 bits per heavy atom. The topological polar surface area (TPSA) is 75.2 Å². The maximum absolute atomic E-state index is 13.6. The van der Waals surface area contributed by atoms with E-state index in [-0.39, 0.29) is 11.8 Å². The minimum atomic E-state index is -0.831. The highest BCUT2D eigenvalue weighted by molar-refractivity contribution is 6.08. The fraction of sp³-hybridized carbons (Fsp3) is 0.250. The number of hydrogen-bond donors (Lipinski definition) is 1. The van der Waals surface area contributed by atoms with E-state index in [0.717, 1.165) is 28.1 Å². The molecule has 1 aromatic carbocycles. The van der Waals surface area contributed by atoms with E-state index in [0.29, 0.717) is 18.5 Å². The second-order valence-corrected chi connectivity index (χ2v) is 8.03. The Labute approximate surface area is 175 Å². The van der Waals surface area contributed by atoms with Gasteiger partial charge < -0.3 is 10.2 Å². The minimum absolute atomic E-state index is 0.0638. The highest BCUT2D eigenvalue weighted by Crippen LogP contribution is 2.54. The molecule has 1 spiro atoms. The number of pyridine rings is 2. The van der Waals surface area contributed by atoms with Crippen molar-refractivity contribution in [2.24, 2.45) is 0 Å². The SMILES string of the molecule is Cc1cc(C(=O)N2CCC3(C(=O)Nc4ccccc43)C2c2cccnc2)cnc1C. The van der Waals surface area contributed by atoms with Crippen LogP contribution >= 0.6 is 0 Å². The van der Waals surface area contributed by atoms with Crippen LogP contribution in [-0.4, -0.2) is 33.2 Å². The lowest BCUT2D eigenvalue weighted by atomic mass is 9.73. The molecule has 150 valence electrons. The molecule has 0 bridgehead atoms. The molecule has 2 aromatic heterocycles. The predicted molar refractivity (Wildman–Crippen MR) is 113 cm³/mol. The summed E-state index contributed by atoms with van der Waals surface area (Å²) in [6.07, 6.45) is 5.64. The molecular formula is C24H22N4O2. The normalized spacial score (nSPS) is 22.3. The van der Waals surface area contributed by atoms with E-state index in [1.807, 2.05) is 61.2 Å². The molecule has 6 heteroatoms. The lowest BCUT2D eigenvalue weighted by molar-refractivity contribution is -0.121. The fourth-order valence-corrected chi connectivity index (χ4v) is 4.83. The largest absolute Gasteiger partial charge is 0.330 e. The summed E-state index contributed by atoms with van der Waals surface area (Å²) in [6, 6.07) is 13.0. The second kappa shape index (κ2) is 6.76. The number of para-hydroxylation sites is 1. The zero-order chi connectivity index (χ0) is 20.9. The minimum Gasteiger partial charge on any atom is -0.330 e. The number of benzene rings is 1. The Morgan fingerprint density at radius 2 is 2.00 bits per heavy atom. The summed E-state index contributed by atoms with van der Waals surface area (Å²) in [4.78, 5) is 37.4. The lowest BCUT2D eigenvalue weighted by Crippen LogP contribution is -2.42. The van der Waals surface area contributed by atoms with Crippen molar-refractivity contribution in [2.45, 2.75) is 31.7 Å². The summed E-state index contributed by atoms with van der Waals surface area (Å²) in [7, 11) is 0. The molecule has 5 rings (SSSR count). The van der Waals surface area contributed by atoms with Crippen LogP contribution in [0.3, 0.4) is 0 Å². The standard InChI is InChI=1S/C24H22N4O2/c1-15-12-18(14-26-16(15)2)22(29)28-11-9-24(21(28)17-6-5-10-25-13-17)19-7-3-4-8-20(19)27-23(24)30/h3-8,10,12-14,21H,9,11H2,1-2H3,(H,27,30). The van der Waals surface area contributed by atoms with E-state index in [1.165, 1.54) is 0 Å². The summed E-state index contributed by atoms with van der Waals surface area (Å²) in [5.41, 5.74) is 4.19. The van der Waals surface area contributed by atoms with E-state index in [1.54, 1.807) is 18.6 Å². The third-order valence-corrected chi connectivity index (χ3v) is 6.43. The molecular weight excluding hydrogens is 376 g/mol. The van der Waals surface area contributed by atoms with Crippen LogP contribution in [0.2, 0.25) is 0 Å². The van der Waals surface area contributed by atoms with Gasteiger partial charge in [-0.25, -0.2) is 0 Å². The average Bonchev–Trinajstić information content (AvgIpc) is 3.30. The first kappa shape index (κ1) is 18.5. The van der Waals surface area contributed by atoms with Gasteiger partial charge in [-0.15, -0.1) is 0 Å². The maximum atomic E-state index is 13.6. The molecule has 0 radical (unpaired) electrons. The Hall–Kier alpha value is -3.54. The number of hydrogen-bond acceptors (Lipinski definition) is 4. The molecule has 2 aliphatic heterocycles. The number of likely N-dealkylation sites (tertiary alicyclic amines) is 1. The van der Waals surface area contributed by atoms with E-state index >= 15 is 0 Å². The van der Waals surface area contributed by atoms with Crippen LogP contribution in [0.1, 0.15) is 45.2 Å². The first-order chi connectivity index (χ1) is 14.5. The third-order valence-electron chi connectivity index (χ3n) is 6.43. The highest BCUT2D eigenvalue weighted by atomic mass is 16.2. The number of aromatic nitrogens is 2. The molecule has 2 aliphatic rings. The number of carbonyl (C=O) groups is 2. The molecule has 0 saturated carbocycles. The molecule has 3 aromatic rings. The van der Waals surface area contributed by atoms with Crippen molar-refractivity contribution in [3.05, 3.63) is 89.0 Å². The molecule has 4 heterocycles. The zero-order valence-corrected chi connectivity index (χ0v) is 16.9. The van der Waals surface area contributed by atoms with Crippen molar-refractivity contribution in [2.75, 3.05) is 11.9 Å². The van der Waals surface area contributed by atoms with Gasteiger partial charge in [-0.2, -0.15) is 0 Å². The van der Waals surface area contributed by atoms with Crippen LogP contribution in [0.4, 0.5) is 5.69 Å². The summed E-state index contributed by atoms with van der Waals surface area (Å²) in [5.74, 6) is -0.181. The molecule has 2 amide bonds. The van der Waals surface area contributed by atoms with Crippen LogP contribution in [-0.2, 0) is 10.2 Å². The second-order valence-electron chi connectivity index (χ2n) is 8.03. The molecule has 1 saturated heterocycles. The van der Waals surface area contributed by atoms with Gasteiger partial charge in [-0.3, -0.25) is 19.6 Å². The maximum Gasteiger partial charge on any atom is 0.255 e. The third kappa shape index (κ3) is 2.56. The Morgan fingerprint density at radius 1 is 1.17 bits per heavy atom. The van der Waals surface area contributed by atoms with E-state index in [4.69, 9.17) is 0 Å². The average molecular weight is 398 g/mol. The van der Waals surface area contributed by atoms with E-state index in [2.05, 4.69) is 15.3 Å². The summed E-state index contributed by atoms with van der Waals surface area (Å²) in [6.45, 7) is 4.35. The van der Waals surface area contributed by atoms with Gasteiger partial charge in [0.25, 0.3) is 5.91 Å². The van der Waals surface area contributed by atoms with Crippen LogP contribution < -0.4 is 5.32 Å². The number of amides is 2. The quantitative estimate of drug-likeness (QED) is 0.716. The molecule has 2 atom stereocenters. The Bertz CT molecular complexity index is 1160. The van der Waals surface area contributed by atoms with Crippen LogP contribution in [0.5, 0.6) is 0 Å². The number of carbonyl (C=O) groups excluding carboxylic acids is 2. The van der Waals surface area contributed by atoms with Gasteiger partial charge >= 0.3 is 0 Å². The van der Waals surface area contributed by atoms with E-state index in [9.17, 15) is 9.59 Å². The van der Waals surface area contributed by atoms with Crippen molar-refractivity contribution >= 4 is 17.5 Å². The van der Waals surface area contributed by atoms with Gasteiger partial charge in [0, 0.05) is 36.5 Å². The molecule has 30 heavy (non-hydrogen) atoms. The summed E-state index contributed by atoms with van der Waals surface area (Å²) in [5, 5.41) is 3.04. The smallest absolute Gasteiger partial charge is 0.255 e. The van der Waals surface area contributed by atoms with Gasteiger partial charge in [-0.05, 0) is 55.2 Å². The fourth-order valence-electron chi connectivity index (χ4n) is 4.83. The van der Waals surface area contributed by atoms with Gasteiger partial charge in [0.2, 0.25) is 5.91 Å². The van der Waals surface area contributed by atoms with Crippen molar-refractivity contribution in [3.8, 4) is 0 Å². The van der Waals surface area contributed by atoms with Gasteiger partial charge in [0.05, 0.1) is 11.6 Å². The molecule has 0 aliphatic carbocycles. The molecule has 1 N–H and O–H groups in total. The van der Waals surface area contributed by atoms with Crippen molar-refractivity contribution in [3.63, 3.8) is 0 Å². The molecule has 1 fully saturated rings. The van der Waals surface area contributed by atoms with Crippen LogP contribution in [0, 0.1) is 13.8 Å². The van der Waals surface area contributed by atoms with Crippen molar-refractivity contribution < 1.29 is 9.59 Å². The highest BCUT2D eigenvalue weighted by Gasteiger charge is 2.59. The van der Waals surface area contributed by atoms with Crippen LogP contribution in [0.15, 0.2) is 61.1 Å². The predicted octanol–water partition coefficient (Wildman–Crippen LogP) is 3.57. The number of fused-ring (bicyclic) bond motifs is 2. The van der Waals surface area contributed by atoms with E-state index < -0.39 is 11.5 Å². The number of rotatable bonds is 2. The van der Waals surface area contributed by atoms with Crippen molar-refractivity contribution in [1.82, 2.24) is 14.9 Å². The Kier molecular flexibility index (Phi) is 4.17. The lowest BCUT2D eigenvalue weighted by Gasteiger charge is -2.34. The van der Waals surface area contributed by atoms with Crippen LogP contribution in [0.25, 0.3) is 0 Å². The zero-order valence-electron chi connectivity index (χ0n) is 16.9. The summed E-state index contributed by atoms with van der Waals surface area (Å²) >= 11 is 0. The number of aryl methyl sites for hydroxylation is 2. The summed E-state index contributed by atoms with van der Waals surface area (Å²) < 4.78 is 0. The first-order valence-corrected chi connectivity index (χ1v) is 10.1. The van der Waals surface area contributed by atoms with Crippen molar-refractivity contribution in [1.29, 1.82) is 0 Å². The number of anilines is 1. The monoisotopic (exact) mass is 398 g/mol. The number of nitrogens with zero attached hydrogens (tertiary/aromatic N) is 3. The molecule has 6 nitrogen and oxygen atoms in total. The number of nitrogens with one attached hydrogen (secondary N) is 1. The molecule has 2 unspecified atom stereocenters.